The summed E-state index contributed by atoms with van der Waals surface area (Å²) in [5, 5.41) is 30.6. The highest BCUT2D eigenvalue weighted by Crippen LogP contribution is 2.68. The van der Waals surface area contributed by atoms with Crippen LogP contribution in [0.4, 0.5) is 0 Å². The number of carbonyl (C=O) groups is 1. The zero-order chi connectivity index (χ0) is 18.9. The summed E-state index contributed by atoms with van der Waals surface area (Å²) < 4.78 is 10.6. The van der Waals surface area contributed by atoms with Crippen LogP contribution >= 0.6 is 0 Å². The van der Waals surface area contributed by atoms with Gasteiger partial charge in [0.2, 0.25) is 6.29 Å². The Morgan fingerprint density at radius 2 is 1.96 bits per heavy atom. The molecule has 0 aromatic carbocycles. The summed E-state index contributed by atoms with van der Waals surface area (Å²) in [4.78, 5) is 11.9. The Kier molecular flexibility index (Phi) is 4.09. The fourth-order valence-corrected chi connectivity index (χ4v) is 6.19. The van der Waals surface area contributed by atoms with E-state index in [0.29, 0.717) is 30.9 Å². The van der Waals surface area contributed by atoms with Crippen LogP contribution < -0.4 is 0 Å². The average Bonchev–Trinajstić information content (AvgIpc) is 3.33. The lowest BCUT2D eigenvalue weighted by molar-refractivity contribution is -0.197. The monoisotopic (exact) mass is 366 g/mol. The van der Waals surface area contributed by atoms with Crippen molar-refractivity contribution >= 4 is 5.97 Å². The second-order valence-electron chi connectivity index (χ2n) is 9.33. The molecule has 26 heavy (non-hydrogen) atoms. The maximum atomic E-state index is 11.9. The fraction of sp³-hybridized carbons (Fsp3) is 0.850. The lowest BCUT2D eigenvalue weighted by atomic mass is 9.43. The minimum Gasteiger partial charge on any atom is -0.429 e. The van der Waals surface area contributed by atoms with Crippen molar-refractivity contribution in [1.29, 1.82) is 0 Å². The maximum Gasteiger partial charge on any atom is 0.336 e. The molecule has 2 saturated carbocycles. The third-order valence-corrected chi connectivity index (χ3v) is 8.30. The van der Waals surface area contributed by atoms with Crippen molar-refractivity contribution in [3.8, 4) is 0 Å². The molecular formula is C20H30O6. The molecular weight excluding hydrogens is 336 g/mol. The van der Waals surface area contributed by atoms with Gasteiger partial charge >= 0.3 is 5.97 Å². The molecule has 1 saturated heterocycles. The largest absolute Gasteiger partial charge is 0.429 e. The van der Waals surface area contributed by atoms with Crippen molar-refractivity contribution < 1.29 is 29.6 Å². The van der Waals surface area contributed by atoms with E-state index in [1.165, 1.54) is 6.08 Å². The van der Waals surface area contributed by atoms with E-state index >= 15 is 0 Å². The lowest BCUT2D eigenvalue weighted by Gasteiger charge is -2.61. The van der Waals surface area contributed by atoms with Crippen LogP contribution in [0.15, 0.2) is 11.6 Å². The number of ether oxygens (including phenoxy) is 2. The molecule has 8 atom stereocenters. The molecule has 0 amide bonds. The van der Waals surface area contributed by atoms with Crippen molar-refractivity contribution in [2.45, 2.75) is 77.0 Å². The van der Waals surface area contributed by atoms with Crippen molar-refractivity contribution in [2.24, 2.45) is 22.7 Å². The molecule has 4 rings (SSSR count). The molecule has 0 aromatic rings. The van der Waals surface area contributed by atoms with Gasteiger partial charge in [-0.25, -0.2) is 4.79 Å². The van der Waals surface area contributed by atoms with Crippen LogP contribution in [0.5, 0.6) is 0 Å². The number of esters is 1. The molecule has 6 heteroatoms. The predicted molar refractivity (Wildman–Crippen MR) is 92.8 cm³/mol. The summed E-state index contributed by atoms with van der Waals surface area (Å²) in [6, 6.07) is 0. The standard InChI is InChI=1S/C20H30O6/c1-11-4-7-19(3)14(9-13(21)16(23)20(19)10-25-20)18(11,2)6-5-12-8-15(22)26-17(12)24/h8,11,13-16,21-23H,4-7,9-10H2,1-3H3/t11-,13+,14-,15-,16+,18+,19+,20+/m1/s1. The smallest absolute Gasteiger partial charge is 0.336 e. The lowest BCUT2D eigenvalue weighted by Crippen LogP contribution is -2.65. The average molecular weight is 366 g/mol. The molecule has 4 aliphatic rings. The first-order chi connectivity index (χ1) is 12.1. The van der Waals surface area contributed by atoms with Crippen molar-refractivity contribution in [3.63, 3.8) is 0 Å². The van der Waals surface area contributed by atoms with Gasteiger partial charge in [0.05, 0.1) is 12.7 Å². The summed E-state index contributed by atoms with van der Waals surface area (Å²) in [5.41, 5.74) is -0.371. The van der Waals surface area contributed by atoms with Gasteiger partial charge in [-0.2, -0.15) is 0 Å². The fourth-order valence-electron chi connectivity index (χ4n) is 6.19. The van der Waals surface area contributed by atoms with E-state index in [0.717, 1.165) is 19.3 Å². The molecule has 2 aliphatic heterocycles. The van der Waals surface area contributed by atoms with Gasteiger partial charge < -0.3 is 24.8 Å². The van der Waals surface area contributed by atoms with E-state index in [1.807, 2.05) is 0 Å². The van der Waals surface area contributed by atoms with Gasteiger partial charge in [-0.05, 0) is 55.4 Å². The predicted octanol–water partition coefficient (Wildman–Crippen LogP) is 1.52. The number of carbonyl (C=O) groups excluding carboxylic acids is 1. The molecule has 0 unspecified atom stereocenters. The summed E-state index contributed by atoms with van der Waals surface area (Å²) in [6.45, 7) is 7.20. The molecule has 0 bridgehead atoms. The summed E-state index contributed by atoms with van der Waals surface area (Å²) in [5.74, 6) is 0.192. The number of aliphatic hydroxyl groups is 3. The van der Waals surface area contributed by atoms with Gasteiger partial charge in [-0.1, -0.05) is 20.8 Å². The quantitative estimate of drug-likeness (QED) is 0.517. The second kappa shape index (κ2) is 5.77. The molecule has 6 nitrogen and oxygen atoms in total. The third kappa shape index (κ3) is 2.35. The number of rotatable bonds is 3. The maximum absolute atomic E-state index is 11.9. The van der Waals surface area contributed by atoms with Gasteiger partial charge in [0.15, 0.2) is 0 Å². The highest BCUT2D eigenvalue weighted by atomic mass is 16.6. The Morgan fingerprint density at radius 1 is 1.27 bits per heavy atom. The SMILES string of the molecule is C[C@@H]1CC[C@@]2(C)[C@H](C[C@H](O)[C@H](O)[C@@]23CO3)[C@@]1(C)CCC1=C[C@H](O)OC1=O. The summed E-state index contributed by atoms with van der Waals surface area (Å²) in [7, 11) is 0. The van der Waals surface area contributed by atoms with Crippen molar-refractivity contribution in [2.75, 3.05) is 6.61 Å². The molecule has 1 spiro atoms. The highest BCUT2D eigenvalue weighted by molar-refractivity contribution is 5.90. The van der Waals surface area contributed by atoms with Gasteiger partial charge in [0.1, 0.15) is 11.7 Å². The third-order valence-electron chi connectivity index (χ3n) is 8.30. The van der Waals surface area contributed by atoms with Crippen molar-refractivity contribution in [3.05, 3.63) is 11.6 Å². The molecule has 2 heterocycles. The Hall–Kier alpha value is -0.950. The Bertz CT molecular complexity index is 640. The van der Waals surface area contributed by atoms with Crippen molar-refractivity contribution in [1.82, 2.24) is 0 Å². The van der Waals surface area contributed by atoms with Crippen LogP contribution in [0.25, 0.3) is 0 Å². The zero-order valence-electron chi connectivity index (χ0n) is 15.8. The van der Waals surface area contributed by atoms with Crippen LogP contribution in [0.1, 0.15) is 52.9 Å². The van der Waals surface area contributed by atoms with Crippen LogP contribution in [0.2, 0.25) is 0 Å². The van der Waals surface area contributed by atoms with E-state index in [1.54, 1.807) is 0 Å². The minimum absolute atomic E-state index is 0.0955. The second-order valence-corrected chi connectivity index (χ2v) is 9.33. The van der Waals surface area contributed by atoms with Crippen LogP contribution in [0.3, 0.4) is 0 Å². The number of aliphatic hydroxyl groups excluding tert-OH is 3. The molecule has 0 radical (unpaired) electrons. The van der Waals surface area contributed by atoms with Gasteiger partial charge in [-0.3, -0.25) is 0 Å². The number of fused-ring (bicyclic) bond motifs is 2. The Morgan fingerprint density at radius 3 is 2.54 bits per heavy atom. The first-order valence-electron chi connectivity index (χ1n) is 9.74. The zero-order valence-corrected chi connectivity index (χ0v) is 15.8. The number of cyclic esters (lactones) is 1. The van der Waals surface area contributed by atoms with Gasteiger partial charge in [0.25, 0.3) is 0 Å². The molecule has 146 valence electrons. The first-order valence-corrected chi connectivity index (χ1v) is 9.74. The van der Waals surface area contributed by atoms with E-state index in [2.05, 4.69) is 20.8 Å². The van der Waals surface area contributed by atoms with Gasteiger partial charge in [0, 0.05) is 11.0 Å². The van der Waals surface area contributed by atoms with Gasteiger partial charge in [-0.15, -0.1) is 0 Å². The Labute approximate surface area is 154 Å². The van der Waals surface area contributed by atoms with Crippen LogP contribution in [-0.2, 0) is 14.3 Å². The topological polar surface area (TPSA) is 99.5 Å². The summed E-state index contributed by atoms with van der Waals surface area (Å²) in [6.07, 6.45) is 2.64. The van der Waals surface area contributed by atoms with E-state index in [4.69, 9.17) is 9.47 Å². The molecule has 3 fully saturated rings. The Balaban J connectivity index is 1.62. The number of hydrogen-bond donors (Lipinski definition) is 3. The van der Waals surface area contributed by atoms with E-state index in [-0.39, 0.29) is 16.7 Å². The number of hydrogen-bond acceptors (Lipinski definition) is 6. The van der Waals surface area contributed by atoms with Crippen LogP contribution in [-0.4, -0.2) is 52.0 Å². The molecule has 0 aromatic heterocycles. The van der Waals surface area contributed by atoms with Crippen LogP contribution in [0, 0.1) is 22.7 Å². The molecule has 2 aliphatic carbocycles. The first kappa shape index (κ1) is 18.4. The number of epoxide rings is 1. The summed E-state index contributed by atoms with van der Waals surface area (Å²) >= 11 is 0. The van der Waals surface area contributed by atoms with E-state index < -0.39 is 30.1 Å². The minimum atomic E-state index is -1.13. The molecule has 3 N–H and O–H groups in total. The normalized spacial score (nSPS) is 53.2. The highest BCUT2D eigenvalue weighted by Gasteiger charge is 2.73. The van der Waals surface area contributed by atoms with E-state index in [9.17, 15) is 20.1 Å².